The quantitative estimate of drug-likeness (QED) is 0.724. The van der Waals surface area contributed by atoms with Crippen LogP contribution in [-0.2, 0) is 9.63 Å². The number of benzene rings is 2. The molecule has 0 saturated heterocycles. The van der Waals surface area contributed by atoms with Gasteiger partial charge >= 0.3 is 0 Å². The topological polar surface area (TPSA) is 89.4 Å². The van der Waals surface area contributed by atoms with Crippen LogP contribution in [0.2, 0.25) is 0 Å². The number of nitrogens with one attached hydrogen (secondary N) is 1. The van der Waals surface area contributed by atoms with Crippen LogP contribution in [0.3, 0.4) is 0 Å². The lowest BCUT2D eigenvalue weighted by Crippen LogP contribution is -2.28. The fraction of sp³-hybridized carbons (Fsp3) is 0.222. The molecule has 1 atom stereocenters. The third-order valence-corrected chi connectivity index (χ3v) is 4.39. The summed E-state index contributed by atoms with van der Waals surface area (Å²) in [4.78, 5) is 17.7. The van der Waals surface area contributed by atoms with Crippen LogP contribution in [0, 0.1) is 0 Å². The number of oxime groups is 1. The van der Waals surface area contributed by atoms with Crippen LogP contribution in [0.4, 0.5) is 5.69 Å². The average Bonchev–Trinajstić information content (AvgIpc) is 3.14. The second-order valence-electron chi connectivity index (χ2n) is 5.55. The summed E-state index contributed by atoms with van der Waals surface area (Å²) in [5.74, 6) is 0.823. The molecule has 0 unspecified atom stereocenters. The third-order valence-electron chi connectivity index (χ3n) is 3.90. The van der Waals surface area contributed by atoms with Gasteiger partial charge < -0.3 is 24.7 Å². The first-order valence-electron chi connectivity index (χ1n) is 7.76. The van der Waals surface area contributed by atoms with E-state index in [9.17, 15) is 9.90 Å². The Morgan fingerprint density at radius 1 is 1.27 bits per heavy atom. The number of hydrogen-bond acceptors (Lipinski definition) is 6. The predicted octanol–water partition coefficient (Wildman–Crippen LogP) is 3.30. The maximum atomic E-state index is 12.4. The van der Waals surface area contributed by atoms with Crippen LogP contribution in [0.25, 0.3) is 0 Å². The SMILES string of the molecule is COc1ccc(OC)c(C2=NO[C@H](C(=O)Nc3cc(Br)ccc3O)C2)c1. The van der Waals surface area contributed by atoms with E-state index in [1.54, 1.807) is 44.6 Å². The zero-order chi connectivity index (χ0) is 18.7. The number of phenolic OH excluding ortho intramolecular Hbond substituents is 1. The number of amides is 1. The standard InChI is InChI=1S/C18H17BrN2O5/c1-24-11-4-6-16(25-2)12(8-11)13-9-17(26-21-13)18(23)20-14-7-10(19)3-5-15(14)22/h3-8,17,22H,9H2,1-2H3,(H,20,23)/t17-/m0/s1. The number of rotatable bonds is 5. The molecule has 0 aliphatic carbocycles. The van der Waals surface area contributed by atoms with Crippen molar-refractivity contribution in [3.8, 4) is 17.2 Å². The number of anilines is 1. The molecule has 7 nitrogen and oxygen atoms in total. The molecule has 26 heavy (non-hydrogen) atoms. The van der Waals surface area contributed by atoms with Gasteiger partial charge in [0.15, 0.2) is 0 Å². The first-order valence-corrected chi connectivity index (χ1v) is 8.55. The molecule has 136 valence electrons. The van der Waals surface area contributed by atoms with Gasteiger partial charge in [-0.1, -0.05) is 21.1 Å². The molecule has 0 aromatic heterocycles. The van der Waals surface area contributed by atoms with Gasteiger partial charge in [-0.15, -0.1) is 0 Å². The van der Waals surface area contributed by atoms with Gasteiger partial charge in [0.1, 0.15) is 17.2 Å². The minimum absolute atomic E-state index is 0.0323. The van der Waals surface area contributed by atoms with Crippen molar-refractivity contribution in [2.24, 2.45) is 5.16 Å². The molecule has 1 heterocycles. The number of nitrogens with zero attached hydrogens (tertiary/aromatic N) is 1. The van der Waals surface area contributed by atoms with Crippen molar-refractivity contribution in [2.45, 2.75) is 12.5 Å². The van der Waals surface area contributed by atoms with E-state index in [-0.39, 0.29) is 12.2 Å². The highest BCUT2D eigenvalue weighted by molar-refractivity contribution is 9.10. The average molecular weight is 421 g/mol. The number of aromatic hydroxyl groups is 1. The summed E-state index contributed by atoms with van der Waals surface area (Å²) in [7, 11) is 3.13. The Balaban J connectivity index is 1.74. The van der Waals surface area contributed by atoms with E-state index in [1.165, 1.54) is 6.07 Å². The normalized spacial score (nSPS) is 15.8. The van der Waals surface area contributed by atoms with Crippen molar-refractivity contribution >= 4 is 33.2 Å². The number of halogens is 1. The van der Waals surface area contributed by atoms with Crippen LogP contribution < -0.4 is 14.8 Å². The summed E-state index contributed by atoms with van der Waals surface area (Å²) in [5, 5.41) is 16.5. The Morgan fingerprint density at radius 3 is 2.81 bits per heavy atom. The first-order chi connectivity index (χ1) is 12.5. The third kappa shape index (κ3) is 3.75. The highest BCUT2D eigenvalue weighted by atomic mass is 79.9. The lowest BCUT2D eigenvalue weighted by molar-refractivity contribution is -0.125. The molecule has 0 fully saturated rings. The lowest BCUT2D eigenvalue weighted by Gasteiger charge is -2.12. The molecule has 2 N–H and O–H groups in total. The highest BCUT2D eigenvalue weighted by Gasteiger charge is 2.31. The molecule has 0 saturated carbocycles. The van der Waals surface area contributed by atoms with Gasteiger partial charge in [0.2, 0.25) is 6.10 Å². The summed E-state index contributed by atoms with van der Waals surface area (Å²) < 4.78 is 11.3. The van der Waals surface area contributed by atoms with Gasteiger partial charge in [-0.2, -0.15) is 0 Å². The first kappa shape index (κ1) is 18.1. The maximum absolute atomic E-state index is 12.4. The lowest BCUT2D eigenvalue weighted by atomic mass is 10.0. The molecule has 1 aliphatic rings. The number of carbonyl (C=O) groups is 1. The van der Waals surface area contributed by atoms with Crippen molar-refractivity contribution in [1.82, 2.24) is 0 Å². The second kappa shape index (κ2) is 7.65. The Morgan fingerprint density at radius 2 is 2.08 bits per heavy atom. The summed E-state index contributed by atoms with van der Waals surface area (Å²) >= 11 is 3.30. The Bertz CT molecular complexity index is 869. The smallest absolute Gasteiger partial charge is 0.268 e. The van der Waals surface area contributed by atoms with Crippen LogP contribution in [0.15, 0.2) is 46.0 Å². The van der Waals surface area contributed by atoms with E-state index in [4.69, 9.17) is 14.3 Å². The molecular weight excluding hydrogens is 404 g/mol. The summed E-state index contributed by atoms with van der Waals surface area (Å²) in [6.45, 7) is 0. The van der Waals surface area contributed by atoms with Crippen LogP contribution in [0.1, 0.15) is 12.0 Å². The number of ether oxygens (including phenoxy) is 2. The second-order valence-corrected chi connectivity index (χ2v) is 6.47. The Labute approximate surface area is 158 Å². The largest absolute Gasteiger partial charge is 0.506 e. The molecule has 1 amide bonds. The van der Waals surface area contributed by atoms with Gasteiger partial charge in [-0.3, -0.25) is 4.79 Å². The fourth-order valence-corrected chi connectivity index (χ4v) is 2.90. The van der Waals surface area contributed by atoms with Crippen molar-refractivity contribution in [2.75, 3.05) is 19.5 Å². The molecule has 8 heteroatoms. The van der Waals surface area contributed by atoms with Crippen molar-refractivity contribution < 1.29 is 24.2 Å². The van der Waals surface area contributed by atoms with Gasteiger partial charge in [-0.25, -0.2) is 0 Å². The molecule has 2 aromatic rings. The maximum Gasteiger partial charge on any atom is 0.268 e. The van der Waals surface area contributed by atoms with Crippen molar-refractivity contribution in [3.05, 3.63) is 46.4 Å². The molecule has 2 aromatic carbocycles. The fourth-order valence-electron chi connectivity index (χ4n) is 2.54. The minimum atomic E-state index is -0.806. The van der Waals surface area contributed by atoms with Crippen molar-refractivity contribution in [3.63, 3.8) is 0 Å². The Hall–Kier alpha value is -2.74. The molecule has 3 rings (SSSR count). The van der Waals surface area contributed by atoms with E-state index in [2.05, 4.69) is 26.4 Å². The molecule has 0 radical (unpaired) electrons. The van der Waals surface area contributed by atoms with Crippen LogP contribution in [0.5, 0.6) is 17.2 Å². The van der Waals surface area contributed by atoms with Crippen molar-refractivity contribution in [1.29, 1.82) is 0 Å². The van der Waals surface area contributed by atoms with Gasteiger partial charge in [-0.05, 0) is 36.4 Å². The number of hydrogen-bond donors (Lipinski definition) is 2. The predicted molar refractivity (Wildman–Crippen MR) is 100 cm³/mol. The summed E-state index contributed by atoms with van der Waals surface area (Å²) in [5.41, 5.74) is 1.58. The zero-order valence-electron chi connectivity index (χ0n) is 14.2. The van der Waals surface area contributed by atoms with E-state index in [1.807, 2.05) is 0 Å². The summed E-state index contributed by atoms with van der Waals surface area (Å²) in [6.07, 6.45) is -0.538. The zero-order valence-corrected chi connectivity index (χ0v) is 15.7. The van der Waals surface area contributed by atoms with Gasteiger partial charge in [0.05, 0.1) is 25.6 Å². The van der Waals surface area contributed by atoms with Gasteiger partial charge in [0.25, 0.3) is 5.91 Å². The van der Waals surface area contributed by atoms with E-state index in [0.29, 0.717) is 28.5 Å². The van der Waals surface area contributed by atoms with E-state index < -0.39 is 12.0 Å². The number of methoxy groups -OCH3 is 2. The van der Waals surface area contributed by atoms with Crippen LogP contribution in [-0.4, -0.2) is 37.0 Å². The van der Waals surface area contributed by atoms with E-state index in [0.717, 1.165) is 4.47 Å². The number of carbonyl (C=O) groups excluding carboxylic acids is 1. The molecule has 0 bridgehead atoms. The molecule has 0 spiro atoms. The highest BCUT2D eigenvalue weighted by Crippen LogP contribution is 2.30. The van der Waals surface area contributed by atoms with Crippen LogP contribution >= 0.6 is 15.9 Å². The van der Waals surface area contributed by atoms with Gasteiger partial charge in [0, 0.05) is 16.5 Å². The Kier molecular flexibility index (Phi) is 5.32. The number of phenols is 1. The van der Waals surface area contributed by atoms with E-state index >= 15 is 0 Å². The minimum Gasteiger partial charge on any atom is -0.506 e. The summed E-state index contributed by atoms with van der Waals surface area (Å²) in [6, 6.07) is 10.1. The monoisotopic (exact) mass is 420 g/mol. The molecule has 1 aliphatic heterocycles. The molecular formula is C18H17BrN2O5.